The van der Waals surface area contributed by atoms with Crippen LogP contribution in [0.2, 0.25) is 0 Å². The fraction of sp³-hybridized carbons (Fsp3) is 0.500. The van der Waals surface area contributed by atoms with E-state index >= 15 is 0 Å². The van der Waals surface area contributed by atoms with Gasteiger partial charge in [-0.05, 0) is 31.0 Å². The molecule has 1 N–H and O–H groups in total. The van der Waals surface area contributed by atoms with Crippen LogP contribution in [0.5, 0.6) is 5.75 Å². The van der Waals surface area contributed by atoms with Crippen LogP contribution in [0.3, 0.4) is 0 Å². The number of hydrogen-bond acceptors (Lipinski definition) is 2. The molecule has 0 radical (unpaired) electrons. The van der Waals surface area contributed by atoms with E-state index in [1.807, 2.05) is 13.8 Å². The number of aliphatic hydroxyl groups excluding tert-OH is 1. The molecule has 0 spiro atoms. The molecule has 0 saturated heterocycles. The third kappa shape index (κ3) is 3.51. The van der Waals surface area contributed by atoms with E-state index < -0.39 is 6.10 Å². The van der Waals surface area contributed by atoms with Crippen LogP contribution < -0.4 is 4.74 Å². The van der Waals surface area contributed by atoms with Crippen LogP contribution in [0.15, 0.2) is 18.2 Å². The second kappa shape index (κ2) is 5.12. The Morgan fingerprint density at radius 1 is 1.33 bits per heavy atom. The molecular formula is C12H17FO2. The maximum Gasteiger partial charge on any atom is 0.125 e. The maximum atomic E-state index is 12.9. The van der Waals surface area contributed by atoms with Gasteiger partial charge in [-0.2, -0.15) is 0 Å². The van der Waals surface area contributed by atoms with Gasteiger partial charge in [0.2, 0.25) is 0 Å². The summed E-state index contributed by atoms with van der Waals surface area (Å²) >= 11 is 0. The topological polar surface area (TPSA) is 29.5 Å². The van der Waals surface area contributed by atoms with E-state index in [1.54, 1.807) is 13.0 Å². The summed E-state index contributed by atoms with van der Waals surface area (Å²) in [6.45, 7) is 6.22. The number of hydrogen-bond donors (Lipinski definition) is 1. The van der Waals surface area contributed by atoms with Gasteiger partial charge < -0.3 is 9.84 Å². The summed E-state index contributed by atoms with van der Waals surface area (Å²) < 4.78 is 18.4. The van der Waals surface area contributed by atoms with Crippen LogP contribution in [0.25, 0.3) is 0 Å². The third-order valence-corrected chi connectivity index (χ3v) is 1.99. The van der Waals surface area contributed by atoms with E-state index in [1.165, 1.54) is 12.1 Å². The smallest absolute Gasteiger partial charge is 0.125 e. The van der Waals surface area contributed by atoms with Gasteiger partial charge in [-0.15, -0.1) is 0 Å². The molecule has 0 amide bonds. The number of rotatable bonds is 4. The van der Waals surface area contributed by atoms with Crippen molar-refractivity contribution >= 4 is 0 Å². The van der Waals surface area contributed by atoms with Crippen LogP contribution in [0.4, 0.5) is 4.39 Å². The Morgan fingerprint density at radius 3 is 2.53 bits per heavy atom. The molecule has 2 nitrogen and oxygen atoms in total. The molecule has 1 atom stereocenters. The molecule has 1 aromatic carbocycles. The predicted molar refractivity (Wildman–Crippen MR) is 57.4 cm³/mol. The molecule has 0 fully saturated rings. The Morgan fingerprint density at radius 2 is 2.00 bits per heavy atom. The molecule has 1 aromatic rings. The third-order valence-electron chi connectivity index (χ3n) is 1.99. The van der Waals surface area contributed by atoms with Crippen molar-refractivity contribution in [3.8, 4) is 5.75 Å². The first-order chi connectivity index (χ1) is 7.00. The lowest BCUT2D eigenvalue weighted by Gasteiger charge is -2.14. The molecule has 0 aliphatic carbocycles. The molecule has 0 aromatic heterocycles. The highest BCUT2D eigenvalue weighted by atomic mass is 19.1. The van der Waals surface area contributed by atoms with Gasteiger partial charge in [-0.1, -0.05) is 13.8 Å². The number of halogens is 1. The Bertz CT molecular complexity index is 321. The van der Waals surface area contributed by atoms with Gasteiger partial charge in [0.15, 0.2) is 0 Å². The SMILES string of the molecule is CC(C)COc1ccc(F)cc1[C@@H](C)O. The van der Waals surface area contributed by atoms with E-state index in [0.29, 0.717) is 23.8 Å². The van der Waals surface area contributed by atoms with Gasteiger partial charge in [0.1, 0.15) is 11.6 Å². The normalized spacial score (nSPS) is 12.9. The standard InChI is InChI=1S/C12H17FO2/c1-8(2)7-15-12-5-4-10(13)6-11(12)9(3)14/h4-6,8-9,14H,7H2,1-3H3/t9-/m1/s1. The van der Waals surface area contributed by atoms with E-state index in [2.05, 4.69) is 0 Å². The molecule has 1 rings (SSSR count). The van der Waals surface area contributed by atoms with Crippen LogP contribution in [-0.4, -0.2) is 11.7 Å². The zero-order valence-electron chi connectivity index (χ0n) is 9.33. The van der Waals surface area contributed by atoms with Gasteiger partial charge in [0.05, 0.1) is 12.7 Å². The fourth-order valence-corrected chi connectivity index (χ4v) is 1.23. The summed E-state index contributed by atoms with van der Waals surface area (Å²) in [6.07, 6.45) is -0.720. The quantitative estimate of drug-likeness (QED) is 0.831. The summed E-state index contributed by atoms with van der Waals surface area (Å²) in [5, 5.41) is 9.45. The van der Waals surface area contributed by atoms with Crippen molar-refractivity contribution in [3.05, 3.63) is 29.6 Å². The first-order valence-electron chi connectivity index (χ1n) is 5.11. The molecule has 84 valence electrons. The first kappa shape index (κ1) is 12.0. The van der Waals surface area contributed by atoms with Crippen molar-refractivity contribution in [2.75, 3.05) is 6.61 Å². The van der Waals surface area contributed by atoms with Crippen LogP contribution in [-0.2, 0) is 0 Å². The first-order valence-corrected chi connectivity index (χ1v) is 5.11. The summed E-state index contributed by atoms with van der Waals surface area (Å²) in [7, 11) is 0. The summed E-state index contributed by atoms with van der Waals surface area (Å²) in [6, 6.07) is 4.20. The summed E-state index contributed by atoms with van der Waals surface area (Å²) in [5.41, 5.74) is 0.496. The van der Waals surface area contributed by atoms with E-state index in [4.69, 9.17) is 4.74 Å². The molecule has 0 bridgehead atoms. The van der Waals surface area contributed by atoms with Crippen molar-refractivity contribution in [3.63, 3.8) is 0 Å². The van der Waals surface area contributed by atoms with Crippen molar-refractivity contribution in [1.82, 2.24) is 0 Å². The van der Waals surface area contributed by atoms with E-state index in [-0.39, 0.29) is 5.82 Å². The van der Waals surface area contributed by atoms with Gasteiger partial charge in [-0.25, -0.2) is 4.39 Å². The molecule has 0 heterocycles. The molecule has 0 saturated carbocycles. The van der Waals surface area contributed by atoms with Crippen LogP contribution in [0, 0.1) is 11.7 Å². The molecule has 15 heavy (non-hydrogen) atoms. The zero-order valence-corrected chi connectivity index (χ0v) is 9.33. The molecule has 3 heteroatoms. The van der Waals surface area contributed by atoms with Gasteiger partial charge >= 0.3 is 0 Å². The fourth-order valence-electron chi connectivity index (χ4n) is 1.23. The van der Waals surface area contributed by atoms with Crippen molar-refractivity contribution < 1.29 is 14.2 Å². The monoisotopic (exact) mass is 212 g/mol. The number of aliphatic hydroxyl groups is 1. The van der Waals surface area contributed by atoms with E-state index in [0.717, 1.165) is 0 Å². The Hall–Kier alpha value is -1.09. The minimum atomic E-state index is -0.720. The number of ether oxygens (including phenoxy) is 1. The number of benzene rings is 1. The molecule has 0 unspecified atom stereocenters. The van der Waals surface area contributed by atoms with Crippen molar-refractivity contribution in [2.45, 2.75) is 26.9 Å². The Labute approximate surface area is 89.7 Å². The lowest BCUT2D eigenvalue weighted by Crippen LogP contribution is -2.07. The average Bonchev–Trinajstić information content (AvgIpc) is 2.15. The highest BCUT2D eigenvalue weighted by molar-refractivity contribution is 5.35. The Kier molecular flexibility index (Phi) is 4.09. The largest absolute Gasteiger partial charge is 0.493 e. The van der Waals surface area contributed by atoms with Crippen molar-refractivity contribution in [2.24, 2.45) is 5.92 Å². The second-order valence-electron chi connectivity index (χ2n) is 4.06. The summed E-state index contributed by atoms with van der Waals surface area (Å²) in [4.78, 5) is 0. The lowest BCUT2D eigenvalue weighted by molar-refractivity contribution is 0.187. The summed E-state index contributed by atoms with van der Waals surface area (Å²) in [5.74, 6) is 0.597. The minimum Gasteiger partial charge on any atom is -0.493 e. The Balaban J connectivity index is 2.86. The zero-order chi connectivity index (χ0) is 11.4. The van der Waals surface area contributed by atoms with Crippen LogP contribution >= 0.6 is 0 Å². The molecular weight excluding hydrogens is 195 g/mol. The second-order valence-corrected chi connectivity index (χ2v) is 4.06. The van der Waals surface area contributed by atoms with E-state index in [9.17, 15) is 9.50 Å². The minimum absolute atomic E-state index is 0.359. The predicted octanol–water partition coefficient (Wildman–Crippen LogP) is 2.91. The van der Waals surface area contributed by atoms with Gasteiger partial charge in [0, 0.05) is 5.56 Å². The lowest BCUT2D eigenvalue weighted by atomic mass is 10.1. The maximum absolute atomic E-state index is 12.9. The highest BCUT2D eigenvalue weighted by Gasteiger charge is 2.10. The average molecular weight is 212 g/mol. The van der Waals surface area contributed by atoms with Crippen molar-refractivity contribution in [1.29, 1.82) is 0 Å². The molecule has 0 aliphatic heterocycles. The molecule has 0 aliphatic rings. The van der Waals surface area contributed by atoms with Gasteiger partial charge in [-0.3, -0.25) is 0 Å². The highest BCUT2D eigenvalue weighted by Crippen LogP contribution is 2.26. The van der Waals surface area contributed by atoms with Crippen LogP contribution in [0.1, 0.15) is 32.4 Å². The van der Waals surface area contributed by atoms with Gasteiger partial charge in [0.25, 0.3) is 0 Å².